The summed E-state index contributed by atoms with van der Waals surface area (Å²) in [5, 5.41) is 0.998. The molecule has 6 heteroatoms. The Labute approximate surface area is 136 Å². The average Bonchev–Trinajstić information content (AvgIpc) is 2.47. The van der Waals surface area contributed by atoms with E-state index in [2.05, 4.69) is 0 Å². The molecule has 0 aliphatic carbocycles. The summed E-state index contributed by atoms with van der Waals surface area (Å²) in [6.45, 7) is 0.480. The summed E-state index contributed by atoms with van der Waals surface area (Å²) in [5.74, 6) is 1.21. The third-order valence-corrected chi connectivity index (χ3v) is 4.93. The number of ether oxygens (including phenoxy) is 1. The van der Waals surface area contributed by atoms with Crippen molar-refractivity contribution in [1.29, 1.82) is 0 Å². The zero-order chi connectivity index (χ0) is 15.2. The van der Waals surface area contributed by atoms with Gasteiger partial charge in [0.25, 0.3) is 0 Å². The van der Waals surface area contributed by atoms with Crippen molar-refractivity contribution in [3.63, 3.8) is 0 Å². The highest BCUT2D eigenvalue weighted by Gasteiger charge is 2.09. The highest BCUT2D eigenvalue weighted by atomic mass is 35.5. The molecule has 0 aromatic heterocycles. The highest BCUT2D eigenvalue weighted by Crippen LogP contribution is 2.24. The number of hydrogen-bond acceptors (Lipinski definition) is 3. The van der Waals surface area contributed by atoms with Crippen LogP contribution in [0.5, 0.6) is 5.75 Å². The molecule has 0 fully saturated rings. The second-order valence-electron chi connectivity index (χ2n) is 4.40. The van der Waals surface area contributed by atoms with Gasteiger partial charge in [-0.1, -0.05) is 23.2 Å². The molecule has 0 saturated carbocycles. The summed E-state index contributed by atoms with van der Waals surface area (Å²) in [6.07, 6.45) is 0.653. The average molecular weight is 344 g/mol. The number of nitrogens with two attached hydrogens (primary N) is 1. The lowest BCUT2D eigenvalue weighted by molar-refractivity contribution is 0.318. The van der Waals surface area contributed by atoms with Crippen molar-refractivity contribution in [3.05, 3.63) is 52.5 Å². The molecular weight excluding hydrogens is 329 g/mol. The van der Waals surface area contributed by atoms with Gasteiger partial charge in [0, 0.05) is 16.5 Å². The third-order valence-electron chi connectivity index (χ3n) is 2.76. The number of benzene rings is 2. The molecule has 2 aromatic rings. The van der Waals surface area contributed by atoms with Crippen molar-refractivity contribution >= 4 is 39.7 Å². The molecule has 21 heavy (non-hydrogen) atoms. The monoisotopic (exact) mass is 343 g/mol. The van der Waals surface area contributed by atoms with Crippen LogP contribution in [-0.4, -0.2) is 16.6 Å². The van der Waals surface area contributed by atoms with Crippen molar-refractivity contribution < 1.29 is 8.95 Å². The largest absolute Gasteiger partial charge is 0.494 e. The van der Waals surface area contributed by atoms with Gasteiger partial charge in [-0.05, 0) is 48.9 Å². The normalized spacial score (nSPS) is 12.1. The lowest BCUT2D eigenvalue weighted by atomic mass is 10.3. The maximum absolute atomic E-state index is 12.2. The Morgan fingerprint density at radius 1 is 1.10 bits per heavy atom. The number of hydrogen-bond donors (Lipinski definition) is 1. The fourth-order valence-corrected chi connectivity index (χ4v) is 3.46. The molecule has 0 aliphatic heterocycles. The van der Waals surface area contributed by atoms with Gasteiger partial charge in [-0.3, -0.25) is 4.21 Å². The summed E-state index contributed by atoms with van der Waals surface area (Å²) in [4.78, 5) is 0.566. The van der Waals surface area contributed by atoms with Crippen molar-refractivity contribution in [2.24, 2.45) is 0 Å². The Morgan fingerprint density at radius 2 is 1.81 bits per heavy atom. The molecule has 112 valence electrons. The first-order valence-corrected chi connectivity index (χ1v) is 8.45. The molecule has 0 radical (unpaired) electrons. The first-order chi connectivity index (χ1) is 10.1. The maximum Gasteiger partial charge on any atom is 0.119 e. The number of nitrogen functional groups attached to an aromatic ring is 1. The van der Waals surface area contributed by atoms with E-state index in [4.69, 9.17) is 33.7 Å². The van der Waals surface area contributed by atoms with Crippen LogP contribution in [-0.2, 0) is 10.8 Å². The minimum absolute atomic E-state index is 0.467. The molecule has 2 aromatic carbocycles. The molecule has 0 spiro atoms. The standard InChI is InChI=1S/C15H15Cl2NO2S/c16-11-2-7-14(17)15(10-11)21(19)9-1-8-20-13-5-3-12(18)4-6-13/h2-7,10H,1,8-9,18H2. The van der Waals surface area contributed by atoms with Crippen LogP contribution in [0.1, 0.15) is 6.42 Å². The highest BCUT2D eigenvalue weighted by molar-refractivity contribution is 7.85. The Morgan fingerprint density at radius 3 is 2.52 bits per heavy atom. The van der Waals surface area contributed by atoms with E-state index < -0.39 is 10.8 Å². The van der Waals surface area contributed by atoms with Crippen LogP contribution in [0.15, 0.2) is 47.4 Å². The summed E-state index contributed by atoms with van der Waals surface area (Å²) in [6, 6.07) is 12.1. The first kappa shape index (κ1) is 16.1. The fraction of sp³-hybridized carbons (Fsp3) is 0.200. The quantitative estimate of drug-likeness (QED) is 0.633. The summed E-state index contributed by atoms with van der Waals surface area (Å²) >= 11 is 11.9. The van der Waals surface area contributed by atoms with Crippen molar-refractivity contribution in [1.82, 2.24) is 0 Å². The van der Waals surface area contributed by atoms with Crippen molar-refractivity contribution in [2.45, 2.75) is 11.3 Å². The second kappa shape index (κ2) is 7.69. The molecule has 2 rings (SSSR count). The molecular formula is C15H15Cl2NO2S. The predicted octanol–water partition coefficient (Wildman–Crippen LogP) is 4.15. The first-order valence-electron chi connectivity index (χ1n) is 6.38. The van der Waals surface area contributed by atoms with Crippen LogP contribution in [0.2, 0.25) is 10.0 Å². The van der Waals surface area contributed by atoms with Crippen molar-refractivity contribution in [3.8, 4) is 5.75 Å². The molecule has 1 unspecified atom stereocenters. The van der Waals surface area contributed by atoms with Gasteiger partial charge in [-0.2, -0.15) is 0 Å². The number of rotatable bonds is 6. The predicted molar refractivity (Wildman–Crippen MR) is 88.7 cm³/mol. The smallest absolute Gasteiger partial charge is 0.119 e. The van der Waals surface area contributed by atoms with Gasteiger partial charge in [0.2, 0.25) is 0 Å². The van der Waals surface area contributed by atoms with Crippen LogP contribution >= 0.6 is 23.2 Å². The molecule has 0 amide bonds. The van der Waals surface area contributed by atoms with Gasteiger partial charge in [0.05, 0.1) is 27.3 Å². The second-order valence-corrected chi connectivity index (χ2v) is 6.78. The van der Waals surface area contributed by atoms with E-state index in [1.807, 2.05) is 0 Å². The zero-order valence-corrected chi connectivity index (χ0v) is 13.5. The molecule has 1 atom stereocenters. The van der Waals surface area contributed by atoms with E-state index in [1.54, 1.807) is 42.5 Å². The lowest BCUT2D eigenvalue weighted by Gasteiger charge is -2.07. The molecule has 0 heterocycles. The van der Waals surface area contributed by atoms with Crippen LogP contribution < -0.4 is 10.5 Å². The fourth-order valence-electron chi connectivity index (χ4n) is 1.71. The molecule has 3 nitrogen and oxygen atoms in total. The van der Waals surface area contributed by atoms with Gasteiger partial charge in [-0.25, -0.2) is 0 Å². The number of halogens is 2. The summed E-state index contributed by atoms with van der Waals surface area (Å²) in [5.41, 5.74) is 6.29. The molecule has 0 bridgehead atoms. The molecule has 0 saturated heterocycles. The topological polar surface area (TPSA) is 52.3 Å². The molecule has 2 N–H and O–H groups in total. The van der Waals surface area contributed by atoms with Crippen LogP contribution in [0, 0.1) is 0 Å². The van der Waals surface area contributed by atoms with E-state index in [9.17, 15) is 4.21 Å². The minimum Gasteiger partial charge on any atom is -0.494 e. The molecule has 0 aliphatic rings. The van der Waals surface area contributed by atoms with E-state index in [1.165, 1.54) is 0 Å². The van der Waals surface area contributed by atoms with Gasteiger partial charge in [0.15, 0.2) is 0 Å². The number of anilines is 1. The Balaban J connectivity index is 1.81. The summed E-state index contributed by atoms with van der Waals surface area (Å²) < 4.78 is 17.7. The van der Waals surface area contributed by atoms with Crippen LogP contribution in [0.25, 0.3) is 0 Å². The van der Waals surface area contributed by atoms with Gasteiger partial charge in [0.1, 0.15) is 5.75 Å². The van der Waals surface area contributed by atoms with E-state index in [-0.39, 0.29) is 0 Å². The van der Waals surface area contributed by atoms with Gasteiger partial charge >= 0.3 is 0 Å². The SMILES string of the molecule is Nc1ccc(OCCCS(=O)c2cc(Cl)ccc2Cl)cc1. The lowest BCUT2D eigenvalue weighted by Crippen LogP contribution is -2.05. The Bertz CT molecular complexity index is 632. The van der Waals surface area contributed by atoms with E-state index in [0.717, 1.165) is 5.75 Å². The van der Waals surface area contributed by atoms with E-state index in [0.29, 0.717) is 39.4 Å². The summed E-state index contributed by atoms with van der Waals surface area (Å²) in [7, 11) is -1.18. The van der Waals surface area contributed by atoms with Gasteiger partial charge in [-0.15, -0.1) is 0 Å². The minimum atomic E-state index is -1.18. The Kier molecular flexibility index (Phi) is 5.91. The van der Waals surface area contributed by atoms with Crippen molar-refractivity contribution in [2.75, 3.05) is 18.1 Å². The zero-order valence-electron chi connectivity index (χ0n) is 11.2. The van der Waals surface area contributed by atoms with Crippen LogP contribution in [0.3, 0.4) is 0 Å². The Hall–Kier alpha value is -1.23. The van der Waals surface area contributed by atoms with Crippen LogP contribution in [0.4, 0.5) is 5.69 Å². The third kappa shape index (κ3) is 4.92. The maximum atomic E-state index is 12.2. The van der Waals surface area contributed by atoms with E-state index >= 15 is 0 Å². The van der Waals surface area contributed by atoms with Gasteiger partial charge < -0.3 is 10.5 Å².